The highest BCUT2D eigenvalue weighted by Gasteiger charge is 2.38. The van der Waals surface area contributed by atoms with E-state index in [0.29, 0.717) is 0 Å². The summed E-state index contributed by atoms with van der Waals surface area (Å²) < 4.78 is 31.7. The average molecular weight is 354 g/mol. The van der Waals surface area contributed by atoms with E-state index >= 15 is 0 Å². The number of aromatic amines is 1. The number of amides is 1. The van der Waals surface area contributed by atoms with E-state index in [1.165, 1.54) is 20.2 Å². The molecule has 6 N–H and O–H groups in total. The van der Waals surface area contributed by atoms with Crippen LogP contribution < -0.4 is 11.1 Å². The summed E-state index contributed by atoms with van der Waals surface area (Å²) in [5.74, 6) is -4.38. The largest absolute Gasteiger partial charge is 0.490 e. The van der Waals surface area contributed by atoms with Gasteiger partial charge in [-0.2, -0.15) is 13.2 Å². The van der Waals surface area contributed by atoms with Gasteiger partial charge in [0.05, 0.1) is 12.4 Å². The van der Waals surface area contributed by atoms with Crippen LogP contribution >= 0.6 is 0 Å². The molecule has 0 saturated carbocycles. The molecule has 1 heterocycles. The number of aromatic nitrogens is 2. The number of imidazole rings is 1. The molecule has 9 nitrogen and oxygen atoms in total. The first-order valence-corrected chi connectivity index (χ1v) is 6.35. The number of H-pyrrole nitrogens is 1. The van der Waals surface area contributed by atoms with E-state index in [-0.39, 0.29) is 6.42 Å². The summed E-state index contributed by atoms with van der Waals surface area (Å²) in [5, 5.41) is 18.4. The number of nitrogens with zero attached hydrogens (tertiary/aromatic N) is 1. The number of nitrogens with one attached hydrogen (secondary N) is 2. The summed E-state index contributed by atoms with van der Waals surface area (Å²) in [5.41, 5.74) is 5.06. The minimum absolute atomic E-state index is 0.279. The molecule has 1 aromatic heterocycles. The molecule has 0 bridgehead atoms. The third kappa shape index (κ3) is 7.58. The maximum absolute atomic E-state index is 11.7. The number of aliphatic carboxylic acids is 2. The molecule has 1 aromatic rings. The fraction of sp³-hybridized carbons (Fsp3) is 0.500. The second kappa shape index (κ2) is 8.29. The van der Waals surface area contributed by atoms with Gasteiger partial charge in [0.2, 0.25) is 5.91 Å². The lowest BCUT2D eigenvalue weighted by Crippen LogP contribution is -2.55. The van der Waals surface area contributed by atoms with Gasteiger partial charge in [0.25, 0.3) is 0 Å². The molecule has 0 fully saturated rings. The Morgan fingerprint density at radius 3 is 2.12 bits per heavy atom. The second-order valence-electron chi connectivity index (χ2n) is 5.11. The zero-order chi connectivity index (χ0) is 19.1. The van der Waals surface area contributed by atoms with Gasteiger partial charge in [0.1, 0.15) is 5.54 Å². The number of carboxylic acids is 2. The van der Waals surface area contributed by atoms with Crippen LogP contribution in [0.5, 0.6) is 0 Å². The van der Waals surface area contributed by atoms with Crippen molar-refractivity contribution in [2.24, 2.45) is 5.73 Å². The van der Waals surface area contributed by atoms with Gasteiger partial charge >= 0.3 is 18.1 Å². The van der Waals surface area contributed by atoms with Crippen molar-refractivity contribution in [2.75, 3.05) is 0 Å². The number of carboxylic acid groups (broad SMARTS) is 2. The fourth-order valence-corrected chi connectivity index (χ4v) is 1.18. The van der Waals surface area contributed by atoms with E-state index in [4.69, 9.17) is 20.7 Å². The van der Waals surface area contributed by atoms with Crippen LogP contribution in [-0.4, -0.2) is 55.8 Å². The highest BCUT2D eigenvalue weighted by molar-refractivity contribution is 5.89. The molecule has 0 aliphatic carbocycles. The van der Waals surface area contributed by atoms with E-state index < -0.39 is 35.6 Å². The third-order valence-corrected chi connectivity index (χ3v) is 2.54. The Morgan fingerprint density at radius 1 is 1.29 bits per heavy atom. The van der Waals surface area contributed by atoms with E-state index in [9.17, 15) is 22.8 Å². The van der Waals surface area contributed by atoms with Gasteiger partial charge in [-0.15, -0.1) is 0 Å². The summed E-state index contributed by atoms with van der Waals surface area (Å²) in [6.45, 7) is 2.80. The van der Waals surface area contributed by atoms with Gasteiger partial charge in [-0.1, -0.05) is 0 Å². The molecule has 1 atom stereocenters. The maximum Gasteiger partial charge on any atom is 0.490 e. The van der Waals surface area contributed by atoms with Crippen molar-refractivity contribution < 1.29 is 37.8 Å². The number of carbonyl (C=O) groups excluding carboxylic acids is 1. The van der Waals surface area contributed by atoms with Gasteiger partial charge in [-0.3, -0.25) is 4.79 Å². The van der Waals surface area contributed by atoms with Crippen LogP contribution in [0.1, 0.15) is 19.5 Å². The van der Waals surface area contributed by atoms with Crippen LogP contribution in [0.3, 0.4) is 0 Å². The summed E-state index contributed by atoms with van der Waals surface area (Å²) in [6.07, 6.45) is -1.75. The molecular weight excluding hydrogens is 337 g/mol. The van der Waals surface area contributed by atoms with E-state index in [1.54, 1.807) is 6.20 Å². The smallest absolute Gasteiger partial charge is 0.480 e. The van der Waals surface area contributed by atoms with Gasteiger partial charge in [-0.25, -0.2) is 14.6 Å². The fourth-order valence-electron chi connectivity index (χ4n) is 1.18. The van der Waals surface area contributed by atoms with Crippen LogP contribution in [0.15, 0.2) is 12.5 Å². The van der Waals surface area contributed by atoms with Gasteiger partial charge < -0.3 is 26.2 Å². The standard InChI is InChI=1S/C10H16N4O3.C2HF3O2/c1-10(2,9(16)17)14-8(15)7(11)3-6-4-12-5-13-6;3-2(4,5)1(6)7/h4-5,7H,3,11H2,1-2H3,(H,12,13)(H,14,15)(H,16,17);(H,6,7)/t7-;/m0./s1. The molecule has 0 spiro atoms. The normalized spacial score (nSPS) is 12.6. The monoisotopic (exact) mass is 354 g/mol. The van der Waals surface area contributed by atoms with Gasteiger partial charge in [0, 0.05) is 18.3 Å². The second-order valence-corrected chi connectivity index (χ2v) is 5.11. The van der Waals surface area contributed by atoms with Crippen LogP contribution in [0.25, 0.3) is 0 Å². The number of carbonyl (C=O) groups is 3. The molecule has 0 aliphatic heterocycles. The number of rotatable bonds is 5. The number of halogens is 3. The lowest BCUT2D eigenvalue weighted by Gasteiger charge is -2.23. The number of hydrogen-bond donors (Lipinski definition) is 5. The minimum atomic E-state index is -5.08. The van der Waals surface area contributed by atoms with E-state index in [2.05, 4.69) is 15.3 Å². The molecule has 24 heavy (non-hydrogen) atoms. The lowest BCUT2D eigenvalue weighted by molar-refractivity contribution is -0.192. The van der Waals surface area contributed by atoms with Crippen molar-refractivity contribution in [1.29, 1.82) is 0 Å². The quantitative estimate of drug-likeness (QED) is 0.493. The first-order valence-electron chi connectivity index (χ1n) is 6.35. The Hall–Kier alpha value is -2.63. The van der Waals surface area contributed by atoms with Crippen molar-refractivity contribution in [3.05, 3.63) is 18.2 Å². The van der Waals surface area contributed by atoms with E-state index in [0.717, 1.165) is 5.69 Å². The zero-order valence-electron chi connectivity index (χ0n) is 12.7. The summed E-state index contributed by atoms with van der Waals surface area (Å²) in [6, 6.07) is -0.811. The zero-order valence-corrected chi connectivity index (χ0v) is 12.7. The van der Waals surface area contributed by atoms with Crippen LogP contribution in [0.4, 0.5) is 13.2 Å². The van der Waals surface area contributed by atoms with Crippen molar-refractivity contribution >= 4 is 17.8 Å². The maximum atomic E-state index is 11.7. The first kappa shape index (κ1) is 21.4. The van der Waals surface area contributed by atoms with Crippen LogP contribution in [-0.2, 0) is 20.8 Å². The van der Waals surface area contributed by atoms with Crippen molar-refractivity contribution in [3.8, 4) is 0 Å². The molecule has 1 amide bonds. The average Bonchev–Trinajstić information content (AvgIpc) is 2.90. The highest BCUT2D eigenvalue weighted by Crippen LogP contribution is 2.13. The predicted molar refractivity (Wildman–Crippen MR) is 73.8 cm³/mol. The molecule has 136 valence electrons. The van der Waals surface area contributed by atoms with Gasteiger partial charge in [-0.05, 0) is 13.8 Å². The van der Waals surface area contributed by atoms with Crippen molar-refractivity contribution in [3.63, 3.8) is 0 Å². The molecule has 0 unspecified atom stereocenters. The molecule has 12 heteroatoms. The Balaban J connectivity index is 0.000000640. The Kier molecular flexibility index (Phi) is 7.38. The van der Waals surface area contributed by atoms with Gasteiger partial charge in [0.15, 0.2) is 0 Å². The molecule has 0 aliphatic rings. The van der Waals surface area contributed by atoms with E-state index in [1.807, 2.05) is 0 Å². The molecular formula is C12H17F3N4O5. The predicted octanol–water partition coefficient (Wildman–Crippen LogP) is -0.108. The summed E-state index contributed by atoms with van der Waals surface area (Å²) in [4.78, 5) is 38.0. The molecule has 0 radical (unpaired) electrons. The topological polar surface area (TPSA) is 158 Å². The third-order valence-electron chi connectivity index (χ3n) is 2.54. The highest BCUT2D eigenvalue weighted by atomic mass is 19.4. The Bertz CT molecular complexity index is 572. The number of nitrogens with two attached hydrogens (primary N) is 1. The SMILES string of the molecule is CC(C)(NC(=O)[C@@H](N)Cc1cnc[nH]1)C(=O)O.O=C(O)C(F)(F)F. The lowest BCUT2D eigenvalue weighted by atomic mass is 10.0. The van der Waals surface area contributed by atoms with Crippen molar-refractivity contribution in [2.45, 2.75) is 38.0 Å². The molecule has 0 saturated heterocycles. The first-order chi connectivity index (χ1) is 10.8. The Labute approximate surface area is 134 Å². The molecule has 1 rings (SSSR count). The Morgan fingerprint density at radius 2 is 1.79 bits per heavy atom. The van der Waals surface area contributed by atoms with Crippen molar-refractivity contribution in [1.82, 2.24) is 15.3 Å². The summed E-state index contributed by atoms with van der Waals surface area (Å²) >= 11 is 0. The van der Waals surface area contributed by atoms with Crippen LogP contribution in [0.2, 0.25) is 0 Å². The minimum Gasteiger partial charge on any atom is -0.480 e. The number of hydrogen-bond acceptors (Lipinski definition) is 5. The van der Waals surface area contributed by atoms with Crippen LogP contribution in [0, 0.1) is 0 Å². The number of alkyl halides is 3. The molecule has 0 aromatic carbocycles. The summed E-state index contributed by atoms with van der Waals surface area (Å²) in [7, 11) is 0.